The highest BCUT2D eigenvalue weighted by atomic mass is 35.5. The van der Waals surface area contributed by atoms with E-state index in [2.05, 4.69) is 4.90 Å². The molecule has 9 heteroatoms. The average molecular weight is 501 g/mol. The van der Waals surface area contributed by atoms with Crippen LogP contribution in [0.4, 0.5) is 0 Å². The molecule has 1 N–H and O–H groups in total. The van der Waals surface area contributed by atoms with Gasteiger partial charge in [0.2, 0.25) is 0 Å². The fourth-order valence-electron chi connectivity index (χ4n) is 4.96. The zero-order valence-corrected chi connectivity index (χ0v) is 21.0. The Hall–Kier alpha value is -2.42. The second-order valence-electron chi connectivity index (χ2n) is 9.61. The lowest BCUT2D eigenvalue weighted by Crippen LogP contribution is -2.54. The summed E-state index contributed by atoms with van der Waals surface area (Å²) in [7, 11) is 1.97. The molecule has 3 aliphatic rings. The van der Waals surface area contributed by atoms with Crippen LogP contribution < -0.4 is 0 Å². The van der Waals surface area contributed by atoms with Crippen molar-refractivity contribution in [3.8, 4) is 0 Å². The van der Waals surface area contributed by atoms with E-state index >= 15 is 0 Å². The quantitative estimate of drug-likeness (QED) is 0.636. The molecule has 7 nitrogen and oxygen atoms in total. The molecule has 2 aromatic carbocycles. The number of fused-ring (bicyclic) bond motifs is 2. The number of piperidine rings is 1. The molecule has 180 valence electrons. The fraction of sp³-hybridized carbons (Fsp3) is 0.440. The summed E-state index contributed by atoms with van der Waals surface area (Å²) < 4.78 is 0. The topological polar surface area (TPSA) is 67.3 Å². The first-order chi connectivity index (χ1) is 16.2. The molecule has 0 spiro atoms. The summed E-state index contributed by atoms with van der Waals surface area (Å²) in [6, 6.07) is 11.9. The minimum absolute atomic E-state index is 0.0789. The van der Waals surface area contributed by atoms with Crippen LogP contribution in [0, 0.1) is 0 Å². The maximum Gasteiger partial charge on any atom is 0.273 e. The van der Waals surface area contributed by atoms with Gasteiger partial charge < -0.3 is 24.7 Å². The Bertz CT molecular complexity index is 1160. The van der Waals surface area contributed by atoms with Gasteiger partial charge in [-0.15, -0.1) is 11.8 Å². The number of benzene rings is 2. The first-order valence-electron chi connectivity index (χ1n) is 11.5. The van der Waals surface area contributed by atoms with Gasteiger partial charge >= 0.3 is 0 Å². The van der Waals surface area contributed by atoms with Crippen molar-refractivity contribution < 1.29 is 14.7 Å². The summed E-state index contributed by atoms with van der Waals surface area (Å²) in [5.74, 6) is 0.102. The molecule has 3 aliphatic heterocycles. The minimum Gasteiger partial charge on any atom is -0.379 e. The number of aliphatic hydroxyl groups is 1. The summed E-state index contributed by atoms with van der Waals surface area (Å²) in [5, 5.41) is 13.8. The van der Waals surface area contributed by atoms with Crippen LogP contribution in [0.5, 0.6) is 0 Å². The first-order valence-corrected chi connectivity index (χ1v) is 12.9. The van der Waals surface area contributed by atoms with Crippen molar-refractivity contribution in [1.29, 1.82) is 0 Å². The first kappa shape index (κ1) is 23.3. The second kappa shape index (κ2) is 8.98. The third-order valence-corrected chi connectivity index (χ3v) is 8.36. The van der Waals surface area contributed by atoms with Crippen LogP contribution in [0.15, 0.2) is 53.2 Å². The van der Waals surface area contributed by atoms with Gasteiger partial charge in [-0.25, -0.2) is 0 Å². The van der Waals surface area contributed by atoms with E-state index in [4.69, 9.17) is 11.6 Å². The maximum absolute atomic E-state index is 13.1. The summed E-state index contributed by atoms with van der Waals surface area (Å²) in [4.78, 5) is 34.7. The van der Waals surface area contributed by atoms with Gasteiger partial charge in [0.1, 0.15) is 11.3 Å². The standard InChI is InChI=1S/C25H29ClN4O3S/c1-25(33,14-34-21-6-4-17-11-19(26)5-3-18(17)12-21)24(32)28-9-7-20(8-10-28)30-16-29-15-27(2)13-22(29)23(30)31/h3-6,11-13,20,33H,7-10,14-16H2,1-2H3. The molecule has 0 aliphatic carbocycles. The van der Waals surface area contributed by atoms with Gasteiger partial charge in [0.05, 0.1) is 13.3 Å². The van der Waals surface area contributed by atoms with Crippen molar-refractivity contribution in [2.45, 2.75) is 36.3 Å². The van der Waals surface area contributed by atoms with E-state index in [1.165, 1.54) is 11.8 Å². The van der Waals surface area contributed by atoms with Crippen LogP contribution in [-0.2, 0) is 9.59 Å². The molecular formula is C25H29ClN4O3S. The largest absolute Gasteiger partial charge is 0.379 e. The van der Waals surface area contributed by atoms with E-state index in [1.807, 2.05) is 59.4 Å². The van der Waals surface area contributed by atoms with Crippen LogP contribution in [0.2, 0.25) is 5.02 Å². The molecule has 2 saturated heterocycles. The summed E-state index contributed by atoms with van der Waals surface area (Å²) in [6.07, 6.45) is 3.36. The van der Waals surface area contributed by atoms with Crippen molar-refractivity contribution in [3.63, 3.8) is 0 Å². The Morgan fingerprint density at radius 2 is 1.85 bits per heavy atom. The van der Waals surface area contributed by atoms with Crippen LogP contribution in [-0.4, -0.2) is 87.4 Å². The molecular weight excluding hydrogens is 472 g/mol. The predicted octanol–water partition coefficient (Wildman–Crippen LogP) is 3.17. The van der Waals surface area contributed by atoms with Crippen LogP contribution in [0.3, 0.4) is 0 Å². The highest BCUT2D eigenvalue weighted by Gasteiger charge is 2.42. The molecule has 0 radical (unpaired) electrons. The van der Waals surface area contributed by atoms with E-state index in [-0.39, 0.29) is 23.6 Å². The van der Waals surface area contributed by atoms with Gasteiger partial charge in [-0.1, -0.05) is 23.7 Å². The molecule has 3 heterocycles. The van der Waals surface area contributed by atoms with E-state index in [0.717, 1.165) is 40.9 Å². The van der Waals surface area contributed by atoms with E-state index in [9.17, 15) is 14.7 Å². The van der Waals surface area contributed by atoms with Gasteiger partial charge in [0, 0.05) is 48.0 Å². The smallest absolute Gasteiger partial charge is 0.273 e. The number of likely N-dealkylation sites (tertiary alicyclic amines) is 1. The summed E-state index contributed by atoms with van der Waals surface area (Å²) in [5.41, 5.74) is -0.702. The molecule has 2 aromatic rings. The zero-order chi connectivity index (χ0) is 24.0. The number of amides is 2. The van der Waals surface area contributed by atoms with Crippen molar-refractivity contribution in [3.05, 3.63) is 53.3 Å². The molecule has 2 amide bonds. The molecule has 1 atom stereocenters. The van der Waals surface area contributed by atoms with E-state index < -0.39 is 5.60 Å². The molecule has 2 fully saturated rings. The normalized spacial score (nSPS) is 20.7. The lowest BCUT2D eigenvalue weighted by molar-refractivity contribution is -0.149. The summed E-state index contributed by atoms with van der Waals surface area (Å²) in [6.45, 7) is 4.03. The number of nitrogens with zero attached hydrogens (tertiary/aromatic N) is 4. The maximum atomic E-state index is 13.1. The van der Waals surface area contributed by atoms with Gasteiger partial charge in [-0.2, -0.15) is 0 Å². The number of hydrogen-bond donors (Lipinski definition) is 1. The molecule has 5 rings (SSSR count). The fourth-order valence-corrected chi connectivity index (χ4v) is 6.08. The average Bonchev–Trinajstić information content (AvgIpc) is 3.34. The van der Waals surface area contributed by atoms with Crippen molar-refractivity contribution in [2.75, 3.05) is 39.2 Å². The van der Waals surface area contributed by atoms with Gasteiger partial charge in [-0.05, 0) is 54.8 Å². The summed E-state index contributed by atoms with van der Waals surface area (Å²) >= 11 is 7.53. The van der Waals surface area contributed by atoms with Gasteiger partial charge in [0.25, 0.3) is 11.8 Å². The zero-order valence-electron chi connectivity index (χ0n) is 19.4. The van der Waals surface area contributed by atoms with E-state index in [1.54, 1.807) is 11.8 Å². The lowest BCUT2D eigenvalue weighted by Gasteiger charge is -2.39. The van der Waals surface area contributed by atoms with Crippen molar-refractivity contribution >= 4 is 45.9 Å². The molecule has 1 unspecified atom stereocenters. The number of carbonyl (C=O) groups is 2. The number of thioether (sulfide) groups is 1. The highest BCUT2D eigenvalue weighted by molar-refractivity contribution is 7.99. The second-order valence-corrected chi connectivity index (χ2v) is 11.1. The minimum atomic E-state index is -1.46. The molecule has 34 heavy (non-hydrogen) atoms. The monoisotopic (exact) mass is 500 g/mol. The SMILES string of the molecule is CN1C=C2C(=O)N(C3CCN(C(=O)C(C)(O)CSc4ccc5cc(Cl)ccc5c4)CC3)CN2C1. The van der Waals surface area contributed by atoms with Crippen LogP contribution in [0.1, 0.15) is 19.8 Å². The van der Waals surface area contributed by atoms with Crippen molar-refractivity contribution in [1.82, 2.24) is 19.6 Å². The van der Waals surface area contributed by atoms with Crippen LogP contribution in [0.25, 0.3) is 10.8 Å². The Kier molecular flexibility index (Phi) is 6.16. The third-order valence-electron chi connectivity index (χ3n) is 6.83. The number of carbonyl (C=O) groups excluding carboxylic acids is 2. The lowest BCUT2D eigenvalue weighted by atomic mass is 10.0. The highest BCUT2D eigenvalue weighted by Crippen LogP contribution is 2.31. The number of halogens is 1. The Balaban J connectivity index is 1.16. The number of rotatable bonds is 5. The van der Waals surface area contributed by atoms with Gasteiger partial charge in [0.15, 0.2) is 0 Å². The predicted molar refractivity (Wildman–Crippen MR) is 134 cm³/mol. The third kappa shape index (κ3) is 4.46. The Morgan fingerprint density at radius 1 is 1.15 bits per heavy atom. The number of hydrogen-bond acceptors (Lipinski definition) is 6. The van der Waals surface area contributed by atoms with E-state index in [0.29, 0.717) is 24.8 Å². The van der Waals surface area contributed by atoms with Crippen LogP contribution >= 0.6 is 23.4 Å². The Labute approximate surface area is 208 Å². The van der Waals surface area contributed by atoms with Crippen molar-refractivity contribution in [2.24, 2.45) is 0 Å². The van der Waals surface area contributed by atoms with Gasteiger partial charge in [-0.3, -0.25) is 9.59 Å². The molecule has 0 saturated carbocycles. The Morgan fingerprint density at radius 3 is 2.59 bits per heavy atom. The molecule has 0 aromatic heterocycles. The molecule has 0 bridgehead atoms.